The number of aromatic nitrogens is 2. The lowest BCUT2D eigenvalue weighted by molar-refractivity contribution is -0.125. The van der Waals surface area contributed by atoms with Crippen molar-refractivity contribution in [3.8, 4) is 0 Å². The highest BCUT2D eigenvalue weighted by Crippen LogP contribution is 2.37. The molecule has 0 bridgehead atoms. The van der Waals surface area contributed by atoms with Crippen LogP contribution in [0.4, 0.5) is 10.6 Å². The summed E-state index contributed by atoms with van der Waals surface area (Å²) in [6.07, 6.45) is -4.59. The zero-order chi connectivity index (χ0) is 18.6. The molecule has 2 rings (SSSR count). The van der Waals surface area contributed by atoms with Crippen LogP contribution in [0.1, 0.15) is 13.2 Å². The minimum Gasteiger partial charge on any atom is -0.450 e. The minimum absolute atomic E-state index is 0.101. The summed E-state index contributed by atoms with van der Waals surface area (Å²) in [6, 6.07) is 1.23. The number of ether oxygens (including phenoxy) is 2. The summed E-state index contributed by atoms with van der Waals surface area (Å²) in [5.41, 5.74) is 5.47. The predicted octanol–water partition coefficient (Wildman–Crippen LogP) is -0.939. The van der Waals surface area contributed by atoms with E-state index in [-0.39, 0.29) is 12.4 Å². The van der Waals surface area contributed by atoms with E-state index < -0.39 is 42.6 Å². The number of carbonyl (C=O) groups is 1. The van der Waals surface area contributed by atoms with Gasteiger partial charge in [-0.1, -0.05) is 5.11 Å². The van der Waals surface area contributed by atoms with Crippen molar-refractivity contribution in [1.29, 1.82) is 0 Å². The first-order chi connectivity index (χ1) is 11.9. The summed E-state index contributed by atoms with van der Waals surface area (Å²) in [7, 11) is 0. The molecule has 4 atom stereocenters. The lowest BCUT2D eigenvalue weighted by Gasteiger charge is -2.23. The molecule has 4 N–H and O–H groups in total. The van der Waals surface area contributed by atoms with Gasteiger partial charge in [0.25, 0.3) is 0 Å². The average molecular weight is 356 g/mol. The molecule has 0 radical (unpaired) electrons. The van der Waals surface area contributed by atoms with Crippen LogP contribution in [0.3, 0.4) is 0 Å². The number of nitrogens with one attached hydrogen (secondary N) is 1. The van der Waals surface area contributed by atoms with Crippen molar-refractivity contribution in [3.63, 3.8) is 0 Å². The third-order valence-electron chi connectivity index (χ3n) is 3.45. The van der Waals surface area contributed by atoms with E-state index >= 15 is 0 Å². The Bertz CT molecular complexity index is 748. The Morgan fingerprint density at radius 2 is 2.36 bits per heavy atom. The minimum atomic E-state index is -2.14. The molecule has 25 heavy (non-hydrogen) atoms. The second kappa shape index (κ2) is 7.46. The van der Waals surface area contributed by atoms with E-state index in [1.54, 1.807) is 6.92 Å². The second-order valence-electron chi connectivity index (χ2n) is 4.98. The molecule has 1 saturated heterocycles. The van der Waals surface area contributed by atoms with E-state index in [0.29, 0.717) is 0 Å². The highest BCUT2D eigenvalue weighted by molar-refractivity contribution is 5.83. The number of anilines is 1. The molecular weight excluding hydrogens is 340 g/mol. The van der Waals surface area contributed by atoms with Crippen LogP contribution < -0.4 is 11.0 Å². The normalized spacial score (nSPS) is 28.2. The number of azide groups is 1. The van der Waals surface area contributed by atoms with Crippen LogP contribution >= 0.6 is 0 Å². The third kappa shape index (κ3) is 3.55. The molecule has 136 valence electrons. The number of aliphatic hydroxyl groups is 3. The van der Waals surface area contributed by atoms with Crippen LogP contribution in [0, 0.1) is 0 Å². The number of rotatable bonds is 5. The number of nitrogens with zero attached hydrogens (tertiary/aromatic N) is 5. The molecule has 0 aromatic carbocycles. The van der Waals surface area contributed by atoms with Gasteiger partial charge in [-0.15, -0.1) is 0 Å². The molecule has 1 aliphatic rings. The van der Waals surface area contributed by atoms with Crippen molar-refractivity contribution < 1.29 is 29.6 Å². The molecule has 1 aliphatic heterocycles. The highest BCUT2D eigenvalue weighted by Gasteiger charge is 2.54. The van der Waals surface area contributed by atoms with Gasteiger partial charge in [0.1, 0.15) is 18.0 Å². The monoisotopic (exact) mass is 356 g/mol. The Morgan fingerprint density at radius 1 is 1.64 bits per heavy atom. The summed E-state index contributed by atoms with van der Waals surface area (Å²) < 4.78 is 10.7. The first kappa shape index (κ1) is 18.6. The van der Waals surface area contributed by atoms with Gasteiger partial charge in [0.05, 0.1) is 13.2 Å². The molecule has 2 heterocycles. The van der Waals surface area contributed by atoms with Crippen LogP contribution in [0.5, 0.6) is 0 Å². The number of carbonyl (C=O) groups excluding carboxylic acids is 1. The van der Waals surface area contributed by atoms with Crippen molar-refractivity contribution in [3.05, 3.63) is 33.2 Å². The third-order valence-corrected chi connectivity index (χ3v) is 3.45. The zero-order valence-corrected chi connectivity index (χ0v) is 13.0. The average Bonchev–Trinajstić information content (AvgIpc) is 2.81. The molecule has 2 unspecified atom stereocenters. The fraction of sp³-hybridized carbons (Fsp3) is 0.583. The summed E-state index contributed by atoms with van der Waals surface area (Å²) in [6.45, 7) is 0.814. The van der Waals surface area contributed by atoms with Gasteiger partial charge in [-0.25, -0.2) is 9.59 Å². The van der Waals surface area contributed by atoms with Gasteiger partial charge in [0, 0.05) is 11.1 Å². The molecule has 1 aromatic rings. The van der Waals surface area contributed by atoms with E-state index in [1.165, 1.54) is 6.07 Å². The molecule has 13 nitrogen and oxygen atoms in total. The van der Waals surface area contributed by atoms with Crippen LogP contribution in [-0.4, -0.2) is 62.1 Å². The van der Waals surface area contributed by atoms with Gasteiger partial charge in [-0.2, -0.15) is 4.98 Å². The standard InChI is InChI=1S/C12H16N6O7/c1-2-24-11(23)15-6-3-4-18(10(22)14-6)9-7(20)8(21)12(5-19,25-9)16-17-13/h3-4,7-9,19-21H,2,5H2,1H3,(H,14,15,22,23)/t7-,8?,9?,12+/m1/s1. The Labute approximate surface area is 140 Å². The first-order valence-electron chi connectivity index (χ1n) is 7.12. The molecular formula is C12H16N6O7. The Hall–Kier alpha value is -2.70. The maximum absolute atomic E-state index is 12.1. The van der Waals surface area contributed by atoms with E-state index in [2.05, 4.69) is 25.1 Å². The second-order valence-corrected chi connectivity index (χ2v) is 4.98. The van der Waals surface area contributed by atoms with E-state index in [1.807, 2.05) is 0 Å². The van der Waals surface area contributed by atoms with Crippen LogP contribution in [0.15, 0.2) is 22.2 Å². The fourth-order valence-corrected chi connectivity index (χ4v) is 2.26. The van der Waals surface area contributed by atoms with E-state index in [0.717, 1.165) is 10.8 Å². The van der Waals surface area contributed by atoms with E-state index in [9.17, 15) is 24.9 Å². The first-order valence-corrected chi connectivity index (χ1v) is 7.12. The maximum atomic E-state index is 12.1. The van der Waals surface area contributed by atoms with Crippen molar-refractivity contribution in [2.24, 2.45) is 5.11 Å². The number of aliphatic hydroxyl groups excluding tert-OH is 3. The summed E-state index contributed by atoms with van der Waals surface area (Å²) in [5.74, 6) is -0.101. The van der Waals surface area contributed by atoms with E-state index in [4.69, 9.17) is 10.3 Å². The molecule has 1 fully saturated rings. The van der Waals surface area contributed by atoms with Crippen molar-refractivity contribution in [1.82, 2.24) is 9.55 Å². The highest BCUT2D eigenvalue weighted by atomic mass is 16.6. The van der Waals surface area contributed by atoms with Crippen LogP contribution in [-0.2, 0) is 9.47 Å². The van der Waals surface area contributed by atoms with Gasteiger partial charge in [0.2, 0.25) is 5.72 Å². The fourth-order valence-electron chi connectivity index (χ4n) is 2.26. The van der Waals surface area contributed by atoms with Gasteiger partial charge >= 0.3 is 11.8 Å². The van der Waals surface area contributed by atoms with Gasteiger partial charge in [-0.05, 0) is 18.5 Å². The quantitative estimate of drug-likeness (QED) is 0.295. The lowest BCUT2D eigenvalue weighted by atomic mass is 10.1. The summed E-state index contributed by atoms with van der Waals surface area (Å²) in [5, 5.41) is 34.8. The summed E-state index contributed by atoms with van der Waals surface area (Å²) >= 11 is 0. The summed E-state index contributed by atoms with van der Waals surface area (Å²) in [4.78, 5) is 29.4. The zero-order valence-electron chi connectivity index (χ0n) is 13.0. The maximum Gasteiger partial charge on any atom is 0.412 e. The largest absolute Gasteiger partial charge is 0.450 e. The van der Waals surface area contributed by atoms with Crippen molar-refractivity contribution in [2.75, 3.05) is 18.5 Å². The Morgan fingerprint density at radius 3 is 2.92 bits per heavy atom. The van der Waals surface area contributed by atoms with Gasteiger partial charge < -0.3 is 24.8 Å². The topological polar surface area (TPSA) is 192 Å². The van der Waals surface area contributed by atoms with Crippen molar-refractivity contribution >= 4 is 11.9 Å². The predicted molar refractivity (Wildman–Crippen MR) is 80.2 cm³/mol. The number of hydrogen-bond acceptors (Lipinski definition) is 9. The SMILES string of the molecule is CCOC(=O)Nc1ccn(C2O[C@](CO)(N=[N+]=[N-])C(O)[C@H]2O)c(=O)n1. The Kier molecular flexibility index (Phi) is 5.56. The van der Waals surface area contributed by atoms with Gasteiger partial charge in [-0.3, -0.25) is 9.88 Å². The smallest absolute Gasteiger partial charge is 0.412 e. The van der Waals surface area contributed by atoms with Gasteiger partial charge in [0.15, 0.2) is 6.23 Å². The van der Waals surface area contributed by atoms with Crippen LogP contribution in [0.25, 0.3) is 10.4 Å². The Balaban J connectivity index is 2.29. The molecule has 0 saturated carbocycles. The molecule has 1 aromatic heterocycles. The molecule has 13 heteroatoms. The molecule has 0 spiro atoms. The lowest BCUT2D eigenvalue weighted by Crippen LogP contribution is -2.44. The molecule has 0 aliphatic carbocycles. The van der Waals surface area contributed by atoms with Crippen molar-refractivity contribution in [2.45, 2.75) is 31.1 Å². The molecule has 1 amide bonds. The number of hydrogen-bond donors (Lipinski definition) is 4. The number of amides is 1. The van der Waals surface area contributed by atoms with Crippen LogP contribution in [0.2, 0.25) is 0 Å².